The smallest absolute Gasteiger partial charge is 0.266 e. The Morgan fingerprint density at radius 3 is 2.62 bits per heavy atom. The highest BCUT2D eigenvalue weighted by molar-refractivity contribution is 6.34. The van der Waals surface area contributed by atoms with Crippen molar-refractivity contribution < 1.29 is 13.9 Å². The van der Waals surface area contributed by atoms with Crippen LogP contribution < -0.4 is 10.1 Å². The molecule has 3 rings (SSSR count). The van der Waals surface area contributed by atoms with Crippen molar-refractivity contribution in [3.05, 3.63) is 100 Å². The molecule has 0 spiro atoms. The molecule has 29 heavy (non-hydrogen) atoms. The number of amides is 1. The molecule has 144 valence electrons. The summed E-state index contributed by atoms with van der Waals surface area (Å²) >= 11 is 6.05. The molecule has 0 aromatic heterocycles. The van der Waals surface area contributed by atoms with E-state index < -0.39 is 5.91 Å². The van der Waals surface area contributed by atoms with Gasteiger partial charge in [-0.05, 0) is 42.0 Å². The predicted molar refractivity (Wildman–Crippen MR) is 111 cm³/mol. The van der Waals surface area contributed by atoms with E-state index in [1.165, 1.54) is 18.2 Å². The summed E-state index contributed by atoms with van der Waals surface area (Å²) in [6.45, 7) is 0.149. The number of nitrogens with one attached hydrogen (secondary N) is 1. The molecule has 0 atom stereocenters. The Balaban J connectivity index is 1.80. The first-order chi connectivity index (χ1) is 14.1. The van der Waals surface area contributed by atoms with Gasteiger partial charge >= 0.3 is 0 Å². The first-order valence-corrected chi connectivity index (χ1v) is 9.08. The standard InChI is InChI=1S/C23H16ClFN2O2/c24-20-9-2-3-10-21(20)27-23(28)18(14-26)13-17-7-1-4-11-22(17)29-15-16-6-5-8-19(25)12-16/h1-13H,15H2,(H,27,28)/b18-13+. The van der Waals surface area contributed by atoms with Crippen LogP contribution in [0.5, 0.6) is 5.75 Å². The fourth-order valence-electron chi connectivity index (χ4n) is 2.58. The van der Waals surface area contributed by atoms with Crippen LogP contribution >= 0.6 is 11.6 Å². The average Bonchev–Trinajstić information content (AvgIpc) is 2.73. The monoisotopic (exact) mass is 406 g/mol. The summed E-state index contributed by atoms with van der Waals surface area (Å²) in [6.07, 6.45) is 1.44. The van der Waals surface area contributed by atoms with Crippen molar-refractivity contribution >= 4 is 29.3 Å². The van der Waals surface area contributed by atoms with Gasteiger partial charge in [0.1, 0.15) is 29.8 Å². The van der Waals surface area contributed by atoms with E-state index >= 15 is 0 Å². The van der Waals surface area contributed by atoms with Gasteiger partial charge in [0.05, 0.1) is 10.7 Å². The Morgan fingerprint density at radius 1 is 1.10 bits per heavy atom. The van der Waals surface area contributed by atoms with Gasteiger partial charge in [-0.25, -0.2) is 4.39 Å². The number of carbonyl (C=O) groups is 1. The van der Waals surface area contributed by atoms with Crippen LogP contribution in [0.15, 0.2) is 78.4 Å². The highest BCUT2D eigenvalue weighted by Gasteiger charge is 2.12. The van der Waals surface area contributed by atoms with Crippen LogP contribution in [0.3, 0.4) is 0 Å². The van der Waals surface area contributed by atoms with Crippen LogP contribution in [0, 0.1) is 17.1 Å². The number of carbonyl (C=O) groups excluding carboxylic acids is 1. The van der Waals surface area contributed by atoms with Crippen LogP contribution in [0.2, 0.25) is 5.02 Å². The molecule has 1 N–H and O–H groups in total. The lowest BCUT2D eigenvalue weighted by Crippen LogP contribution is -2.13. The van der Waals surface area contributed by atoms with Crippen molar-refractivity contribution in [1.82, 2.24) is 0 Å². The zero-order chi connectivity index (χ0) is 20.6. The lowest BCUT2D eigenvalue weighted by Gasteiger charge is -2.10. The van der Waals surface area contributed by atoms with Crippen LogP contribution in [0.25, 0.3) is 6.08 Å². The van der Waals surface area contributed by atoms with Gasteiger partial charge in [-0.2, -0.15) is 5.26 Å². The summed E-state index contributed by atoms with van der Waals surface area (Å²) in [5.74, 6) is -0.460. The minimum absolute atomic E-state index is 0.105. The van der Waals surface area contributed by atoms with Crippen molar-refractivity contribution in [2.24, 2.45) is 0 Å². The van der Waals surface area contributed by atoms with Crippen LogP contribution in [-0.4, -0.2) is 5.91 Å². The van der Waals surface area contributed by atoms with Gasteiger partial charge in [0.15, 0.2) is 0 Å². The fourth-order valence-corrected chi connectivity index (χ4v) is 2.76. The average molecular weight is 407 g/mol. The molecule has 3 aromatic carbocycles. The van der Waals surface area contributed by atoms with Gasteiger partial charge in [-0.1, -0.05) is 54.1 Å². The van der Waals surface area contributed by atoms with Gasteiger partial charge in [0, 0.05) is 5.56 Å². The Labute approximate surface area is 172 Å². The van der Waals surface area contributed by atoms with Crippen molar-refractivity contribution in [2.45, 2.75) is 6.61 Å². The Hall–Kier alpha value is -3.62. The van der Waals surface area contributed by atoms with Crippen molar-refractivity contribution in [2.75, 3.05) is 5.32 Å². The second-order valence-electron chi connectivity index (χ2n) is 6.06. The van der Waals surface area contributed by atoms with Gasteiger partial charge in [0.2, 0.25) is 0 Å². The normalized spacial score (nSPS) is 10.9. The van der Waals surface area contributed by atoms with E-state index in [4.69, 9.17) is 16.3 Å². The molecule has 0 unspecified atom stereocenters. The molecule has 0 aliphatic rings. The molecule has 0 heterocycles. The van der Waals surface area contributed by atoms with Gasteiger partial charge < -0.3 is 10.1 Å². The third-order valence-electron chi connectivity index (χ3n) is 3.99. The number of benzene rings is 3. The van der Waals surface area contributed by atoms with Crippen LogP contribution in [-0.2, 0) is 11.4 Å². The van der Waals surface area contributed by atoms with Crippen molar-refractivity contribution in [1.29, 1.82) is 5.26 Å². The maximum absolute atomic E-state index is 13.3. The Kier molecular flexibility index (Phi) is 6.62. The zero-order valence-corrected chi connectivity index (χ0v) is 16.0. The van der Waals surface area contributed by atoms with E-state index in [9.17, 15) is 14.4 Å². The summed E-state index contributed by atoms with van der Waals surface area (Å²) in [7, 11) is 0. The summed E-state index contributed by atoms with van der Waals surface area (Å²) in [5.41, 5.74) is 1.53. The van der Waals surface area contributed by atoms with E-state index in [-0.39, 0.29) is 18.0 Å². The molecule has 0 aliphatic carbocycles. The maximum Gasteiger partial charge on any atom is 0.266 e. The maximum atomic E-state index is 13.3. The minimum atomic E-state index is -0.583. The number of nitrogens with zero attached hydrogens (tertiary/aromatic N) is 1. The second kappa shape index (κ2) is 9.54. The summed E-state index contributed by atoms with van der Waals surface area (Å²) in [4.78, 5) is 12.5. The van der Waals surface area contributed by atoms with Crippen LogP contribution in [0.1, 0.15) is 11.1 Å². The molecule has 0 aliphatic heterocycles. The largest absolute Gasteiger partial charge is 0.488 e. The molecule has 0 saturated heterocycles. The number of hydrogen-bond acceptors (Lipinski definition) is 3. The van der Waals surface area contributed by atoms with Gasteiger partial charge in [0.25, 0.3) is 5.91 Å². The fraction of sp³-hybridized carbons (Fsp3) is 0.0435. The molecule has 0 saturated carbocycles. The third-order valence-corrected chi connectivity index (χ3v) is 4.32. The first kappa shape index (κ1) is 20.1. The first-order valence-electron chi connectivity index (χ1n) is 8.71. The van der Waals surface area contributed by atoms with Crippen molar-refractivity contribution in [3.8, 4) is 11.8 Å². The molecular weight excluding hydrogens is 391 g/mol. The topological polar surface area (TPSA) is 62.1 Å². The molecule has 6 heteroatoms. The highest BCUT2D eigenvalue weighted by atomic mass is 35.5. The SMILES string of the molecule is N#C/C(=C\c1ccccc1OCc1cccc(F)c1)C(=O)Nc1ccccc1Cl. The Morgan fingerprint density at radius 2 is 1.86 bits per heavy atom. The summed E-state index contributed by atoms with van der Waals surface area (Å²) in [5, 5.41) is 12.4. The van der Waals surface area contributed by atoms with E-state index in [1.54, 1.807) is 60.7 Å². The number of anilines is 1. The van der Waals surface area contributed by atoms with E-state index in [2.05, 4.69) is 5.32 Å². The minimum Gasteiger partial charge on any atom is -0.488 e. The van der Waals surface area contributed by atoms with Gasteiger partial charge in [-0.3, -0.25) is 4.79 Å². The molecule has 0 radical (unpaired) electrons. The molecule has 3 aromatic rings. The number of nitriles is 1. The highest BCUT2D eigenvalue weighted by Crippen LogP contribution is 2.24. The van der Waals surface area contributed by atoms with Crippen molar-refractivity contribution in [3.63, 3.8) is 0 Å². The number of para-hydroxylation sites is 2. The predicted octanol–water partition coefficient (Wildman–Crippen LogP) is 5.60. The molecular formula is C23H16ClFN2O2. The second-order valence-corrected chi connectivity index (χ2v) is 6.47. The zero-order valence-electron chi connectivity index (χ0n) is 15.2. The van der Waals surface area contributed by atoms with E-state index in [0.717, 1.165) is 0 Å². The van der Waals surface area contributed by atoms with E-state index in [1.807, 2.05) is 6.07 Å². The Bertz CT molecular complexity index is 1110. The summed E-state index contributed by atoms with van der Waals surface area (Å²) in [6, 6.07) is 21.7. The molecule has 4 nitrogen and oxygen atoms in total. The number of hydrogen-bond donors (Lipinski definition) is 1. The summed E-state index contributed by atoms with van der Waals surface area (Å²) < 4.78 is 19.1. The molecule has 1 amide bonds. The van der Waals surface area contributed by atoms with Gasteiger partial charge in [-0.15, -0.1) is 0 Å². The van der Waals surface area contributed by atoms with Crippen LogP contribution in [0.4, 0.5) is 10.1 Å². The number of ether oxygens (including phenoxy) is 1. The number of halogens is 2. The lowest BCUT2D eigenvalue weighted by molar-refractivity contribution is -0.112. The molecule has 0 bridgehead atoms. The number of rotatable bonds is 6. The third kappa shape index (κ3) is 5.44. The lowest BCUT2D eigenvalue weighted by atomic mass is 10.1. The van der Waals surface area contributed by atoms with E-state index in [0.29, 0.717) is 27.6 Å². The molecule has 0 fully saturated rings. The quantitative estimate of drug-likeness (QED) is 0.428.